The van der Waals surface area contributed by atoms with Crippen LogP contribution in [0.1, 0.15) is 35.7 Å². The molecule has 29 heavy (non-hydrogen) atoms. The van der Waals surface area contributed by atoms with Crippen LogP contribution in [0.5, 0.6) is 5.75 Å². The molecule has 0 bridgehead atoms. The predicted octanol–water partition coefficient (Wildman–Crippen LogP) is 2.36. The molecule has 1 aromatic heterocycles. The van der Waals surface area contributed by atoms with Crippen molar-refractivity contribution in [2.75, 3.05) is 26.8 Å². The third-order valence-corrected chi connectivity index (χ3v) is 5.44. The zero-order chi connectivity index (χ0) is 20.9. The Kier molecular flexibility index (Phi) is 6.36. The monoisotopic (exact) mass is 398 g/mol. The molecule has 1 saturated heterocycles. The van der Waals surface area contributed by atoms with E-state index in [-0.39, 0.29) is 11.9 Å². The number of benzene rings is 1. The Labute approximate surface area is 170 Å². The summed E-state index contributed by atoms with van der Waals surface area (Å²) in [6, 6.07) is 10.8. The van der Waals surface area contributed by atoms with E-state index < -0.39 is 5.41 Å². The molecule has 1 amide bonds. The number of rotatable bonds is 6. The van der Waals surface area contributed by atoms with Gasteiger partial charge in [-0.1, -0.05) is 12.1 Å². The van der Waals surface area contributed by atoms with Gasteiger partial charge < -0.3 is 19.6 Å². The molecule has 1 aliphatic heterocycles. The van der Waals surface area contributed by atoms with Crippen molar-refractivity contribution in [3.63, 3.8) is 0 Å². The summed E-state index contributed by atoms with van der Waals surface area (Å²) in [7, 11) is 1.61. The fourth-order valence-electron chi connectivity index (χ4n) is 3.77. The third-order valence-electron chi connectivity index (χ3n) is 5.44. The molecule has 0 saturated carbocycles. The summed E-state index contributed by atoms with van der Waals surface area (Å²) >= 11 is 0. The molecule has 154 valence electrons. The lowest BCUT2D eigenvalue weighted by Gasteiger charge is -2.40. The molecule has 0 unspecified atom stereocenters. The minimum atomic E-state index is -0.670. The van der Waals surface area contributed by atoms with E-state index in [4.69, 9.17) is 9.47 Å². The van der Waals surface area contributed by atoms with Gasteiger partial charge >= 0.3 is 5.97 Å². The van der Waals surface area contributed by atoms with Crippen molar-refractivity contribution in [1.82, 2.24) is 4.90 Å². The van der Waals surface area contributed by atoms with Gasteiger partial charge in [0.05, 0.1) is 19.1 Å². The first kappa shape index (κ1) is 20.6. The van der Waals surface area contributed by atoms with Gasteiger partial charge in [0, 0.05) is 19.2 Å². The Balaban J connectivity index is 1.75. The molecule has 7 heteroatoms. The highest BCUT2D eigenvalue weighted by Gasteiger charge is 2.43. The van der Waals surface area contributed by atoms with Crippen molar-refractivity contribution < 1.29 is 23.8 Å². The molecule has 1 fully saturated rings. The number of nitrogens with zero attached hydrogens (tertiary/aromatic N) is 2. The second-order valence-electron chi connectivity index (χ2n) is 7.27. The average molecular weight is 398 g/mol. The van der Waals surface area contributed by atoms with Crippen molar-refractivity contribution in [2.24, 2.45) is 5.41 Å². The maximum atomic E-state index is 12.8. The van der Waals surface area contributed by atoms with Gasteiger partial charge in [-0.15, -0.1) is 0 Å². The molecular weight excluding hydrogens is 372 g/mol. The van der Waals surface area contributed by atoms with Crippen LogP contribution in [0.25, 0.3) is 0 Å². The smallest absolute Gasteiger partial charge is 0.312 e. The number of hydrogen-bond acceptors (Lipinski definition) is 5. The number of piperidine rings is 1. The van der Waals surface area contributed by atoms with Crippen LogP contribution in [0.4, 0.5) is 0 Å². The minimum Gasteiger partial charge on any atom is -0.619 e. The predicted molar refractivity (Wildman–Crippen MR) is 106 cm³/mol. The molecule has 1 aliphatic rings. The van der Waals surface area contributed by atoms with Crippen molar-refractivity contribution >= 4 is 11.9 Å². The Morgan fingerprint density at radius 1 is 1.17 bits per heavy atom. The van der Waals surface area contributed by atoms with Crippen LogP contribution < -0.4 is 9.47 Å². The van der Waals surface area contributed by atoms with E-state index in [1.165, 1.54) is 12.4 Å². The average Bonchev–Trinajstić information content (AvgIpc) is 2.74. The molecule has 1 aromatic carbocycles. The number of methoxy groups -OCH3 is 1. The third kappa shape index (κ3) is 4.67. The van der Waals surface area contributed by atoms with E-state index >= 15 is 0 Å². The summed E-state index contributed by atoms with van der Waals surface area (Å²) in [5, 5.41) is 11.5. The number of likely N-dealkylation sites (tertiary alicyclic amines) is 1. The molecule has 0 N–H and O–H groups in total. The molecule has 0 aliphatic carbocycles. The summed E-state index contributed by atoms with van der Waals surface area (Å²) in [5.74, 6) is 0.343. The maximum Gasteiger partial charge on any atom is 0.312 e. The van der Waals surface area contributed by atoms with Crippen molar-refractivity contribution in [3.05, 3.63) is 65.1 Å². The minimum absolute atomic E-state index is 0.197. The summed E-state index contributed by atoms with van der Waals surface area (Å²) in [6.07, 6.45) is 4.17. The second kappa shape index (κ2) is 8.94. The Morgan fingerprint density at radius 3 is 2.45 bits per heavy atom. The van der Waals surface area contributed by atoms with Crippen molar-refractivity contribution in [3.8, 4) is 5.75 Å². The van der Waals surface area contributed by atoms with Gasteiger partial charge in [0.15, 0.2) is 12.4 Å². The maximum absolute atomic E-state index is 12.8. The van der Waals surface area contributed by atoms with Gasteiger partial charge in [-0.05, 0) is 49.9 Å². The lowest BCUT2D eigenvalue weighted by Crippen LogP contribution is -2.48. The molecule has 7 nitrogen and oxygen atoms in total. The molecular formula is C22H26N2O5. The largest absolute Gasteiger partial charge is 0.619 e. The fraction of sp³-hybridized carbons (Fsp3) is 0.409. The van der Waals surface area contributed by atoms with Gasteiger partial charge in [0.2, 0.25) is 0 Å². The first-order valence-corrected chi connectivity index (χ1v) is 9.76. The highest BCUT2D eigenvalue weighted by molar-refractivity contribution is 5.94. The number of carbonyl (C=O) groups excluding carboxylic acids is 2. The second-order valence-corrected chi connectivity index (χ2v) is 7.27. The quantitative estimate of drug-likeness (QED) is 0.424. The number of hydrogen-bond donors (Lipinski definition) is 0. The van der Waals surface area contributed by atoms with Gasteiger partial charge in [0.1, 0.15) is 11.3 Å². The lowest BCUT2D eigenvalue weighted by atomic mass is 9.73. The first-order chi connectivity index (χ1) is 14.0. The van der Waals surface area contributed by atoms with Gasteiger partial charge in [0.25, 0.3) is 5.91 Å². The summed E-state index contributed by atoms with van der Waals surface area (Å²) < 4.78 is 11.2. The van der Waals surface area contributed by atoms with E-state index in [0.29, 0.717) is 49.3 Å². The standard InChI is InChI=1S/C22H26N2O5/c1-3-29-21(26)22(15-17-6-8-19(28-2)9-7-17)10-13-23(14-11-22)20(25)18-5-4-12-24(27)16-18/h4-9,12,16H,3,10-11,13-15H2,1-2H3. The summed E-state index contributed by atoms with van der Waals surface area (Å²) in [4.78, 5) is 27.3. The zero-order valence-corrected chi connectivity index (χ0v) is 16.8. The van der Waals surface area contributed by atoms with Crippen LogP contribution in [0, 0.1) is 10.6 Å². The van der Waals surface area contributed by atoms with E-state index in [9.17, 15) is 14.8 Å². The Bertz CT molecular complexity index is 858. The van der Waals surface area contributed by atoms with Gasteiger partial charge in [-0.25, -0.2) is 0 Å². The zero-order valence-electron chi connectivity index (χ0n) is 16.8. The van der Waals surface area contributed by atoms with Gasteiger partial charge in [-0.3, -0.25) is 9.59 Å². The van der Waals surface area contributed by atoms with Crippen LogP contribution in [-0.2, 0) is 16.0 Å². The van der Waals surface area contributed by atoms with Crippen LogP contribution in [0.3, 0.4) is 0 Å². The normalized spacial score (nSPS) is 15.6. The number of pyridine rings is 1. The van der Waals surface area contributed by atoms with Crippen LogP contribution >= 0.6 is 0 Å². The Morgan fingerprint density at radius 2 is 1.86 bits per heavy atom. The van der Waals surface area contributed by atoms with Crippen LogP contribution in [-0.4, -0.2) is 43.6 Å². The van der Waals surface area contributed by atoms with E-state index in [1.807, 2.05) is 24.3 Å². The molecule has 0 radical (unpaired) electrons. The summed E-state index contributed by atoms with van der Waals surface area (Å²) in [6.45, 7) is 2.98. The lowest BCUT2D eigenvalue weighted by molar-refractivity contribution is -0.605. The van der Waals surface area contributed by atoms with Crippen molar-refractivity contribution in [1.29, 1.82) is 0 Å². The first-order valence-electron chi connectivity index (χ1n) is 9.76. The highest BCUT2D eigenvalue weighted by Crippen LogP contribution is 2.37. The Hall–Kier alpha value is -3.09. The molecule has 0 atom stereocenters. The van der Waals surface area contributed by atoms with Gasteiger partial charge in [-0.2, -0.15) is 4.73 Å². The van der Waals surface area contributed by atoms with Crippen molar-refractivity contribution in [2.45, 2.75) is 26.2 Å². The molecule has 3 rings (SSSR count). The number of ether oxygens (including phenoxy) is 2. The van der Waals surface area contributed by atoms with E-state index in [1.54, 1.807) is 31.1 Å². The topological polar surface area (TPSA) is 82.8 Å². The number of aromatic nitrogens is 1. The molecule has 2 heterocycles. The molecule has 0 spiro atoms. The number of carbonyl (C=O) groups is 2. The molecule has 2 aromatic rings. The summed E-state index contributed by atoms with van der Waals surface area (Å²) in [5.41, 5.74) is 0.701. The number of amides is 1. The van der Waals surface area contributed by atoms with E-state index in [2.05, 4.69) is 0 Å². The van der Waals surface area contributed by atoms with Crippen LogP contribution in [0.15, 0.2) is 48.8 Å². The van der Waals surface area contributed by atoms with Crippen LogP contribution in [0.2, 0.25) is 0 Å². The fourth-order valence-corrected chi connectivity index (χ4v) is 3.77. The highest BCUT2D eigenvalue weighted by atomic mass is 16.5. The SMILES string of the molecule is CCOC(=O)C1(Cc2ccc(OC)cc2)CCN(C(=O)c2ccc[n+]([O-])c2)CC1. The number of esters is 1. The van der Waals surface area contributed by atoms with E-state index in [0.717, 1.165) is 11.3 Å².